The third-order valence-corrected chi connectivity index (χ3v) is 5.88. The van der Waals surface area contributed by atoms with Crippen LogP contribution in [0.2, 0.25) is 0 Å². The highest BCUT2D eigenvalue weighted by Gasteiger charge is 2.54. The van der Waals surface area contributed by atoms with Crippen LogP contribution < -0.4 is 16.0 Å². The summed E-state index contributed by atoms with van der Waals surface area (Å²) in [5.41, 5.74) is -0.253. The van der Waals surface area contributed by atoms with Crippen molar-refractivity contribution in [1.82, 2.24) is 20.9 Å². The molecule has 1 atom stereocenters. The topological polar surface area (TPSA) is 108 Å². The molecule has 1 fully saturated rings. The highest BCUT2D eigenvalue weighted by atomic mass is 32.1. The molecule has 3 rings (SSSR count). The van der Waals surface area contributed by atoms with Gasteiger partial charge in [0.05, 0.1) is 0 Å². The number of carbonyl (C=O) groups is 4. The molecule has 8 nitrogen and oxygen atoms in total. The van der Waals surface area contributed by atoms with Crippen LogP contribution in [0, 0.1) is 5.92 Å². The number of rotatable bonds is 5. The Morgan fingerprint density at radius 1 is 1.37 bits per heavy atom. The van der Waals surface area contributed by atoms with Gasteiger partial charge in [0.2, 0.25) is 5.91 Å². The van der Waals surface area contributed by atoms with E-state index in [0.717, 1.165) is 34.6 Å². The third kappa shape index (κ3) is 3.83. The molecule has 0 saturated carbocycles. The molecule has 3 N–H and O–H groups in total. The van der Waals surface area contributed by atoms with Crippen molar-refractivity contribution >= 4 is 35.2 Å². The molecule has 1 spiro atoms. The molecule has 2 aliphatic rings. The van der Waals surface area contributed by atoms with Gasteiger partial charge in [-0.25, -0.2) is 9.59 Å². The summed E-state index contributed by atoms with van der Waals surface area (Å²) >= 11 is 1.57. The maximum Gasteiger partial charge on any atom is 0.325 e. The number of thiophene rings is 1. The Labute approximate surface area is 161 Å². The van der Waals surface area contributed by atoms with Gasteiger partial charge in [-0.1, -0.05) is 13.8 Å². The van der Waals surface area contributed by atoms with Crippen molar-refractivity contribution in [3.8, 4) is 0 Å². The zero-order valence-electron chi connectivity index (χ0n) is 15.5. The normalized spacial score (nSPS) is 21.4. The Bertz CT molecular complexity index is 775. The fourth-order valence-corrected chi connectivity index (χ4v) is 4.51. The zero-order chi connectivity index (χ0) is 19.6. The first-order chi connectivity index (χ1) is 12.8. The van der Waals surface area contributed by atoms with E-state index in [1.165, 1.54) is 0 Å². The molecule has 0 radical (unpaired) electrons. The summed E-state index contributed by atoms with van der Waals surface area (Å²) in [6.07, 6.45) is 2.97. The van der Waals surface area contributed by atoms with Gasteiger partial charge in [0.1, 0.15) is 12.1 Å². The standard InChI is InChI=1S/C18H24N4O4S/c1-11(2)5-8-19-16(25)20-14(23)10-22-15(24)18(21-17(22)26)7-3-4-13-12(18)6-9-27-13/h6,9,11H,3-5,7-8,10H2,1-2H3,(H,21,26)(H2,19,20,23,25)/t18-/m1/s1. The molecule has 1 aromatic rings. The van der Waals surface area contributed by atoms with Crippen molar-refractivity contribution < 1.29 is 19.2 Å². The number of carbonyl (C=O) groups excluding carboxylic acids is 4. The van der Waals surface area contributed by atoms with Crippen LogP contribution in [0.3, 0.4) is 0 Å². The molecule has 6 amide bonds. The molecule has 2 heterocycles. The molecule has 27 heavy (non-hydrogen) atoms. The van der Waals surface area contributed by atoms with Gasteiger partial charge in [0.25, 0.3) is 5.91 Å². The minimum Gasteiger partial charge on any atom is -0.338 e. The van der Waals surface area contributed by atoms with Crippen molar-refractivity contribution in [1.29, 1.82) is 0 Å². The number of hydrogen-bond acceptors (Lipinski definition) is 5. The molecule has 1 aromatic heterocycles. The van der Waals surface area contributed by atoms with Gasteiger partial charge in [-0.15, -0.1) is 11.3 Å². The van der Waals surface area contributed by atoms with Crippen molar-refractivity contribution in [2.45, 2.75) is 45.1 Å². The summed E-state index contributed by atoms with van der Waals surface area (Å²) in [7, 11) is 0. The smallest absolute Gasteiger partial charge is 0.325 e. The van der Waals surface area contributed by atoms with E-state index in [1.54, 1.807) is 11.3 Å². The number of nitrogens with zero attached hydrogens (tertiary/aromatic N) is 1. The van der Waals surface area contributed by atoms with Gasteiger partial charge in [-0.3, -0.25) is 19.8 Å². The summed E-state index contributed by atoms with van der Waals surface area (Å²) < 4.78 is 0. The molecular formula is C18H24N4O4S. The van der Waals surface area contributed by atoms with Crippen LogP contribution in [0.5, 0.6) is 0 Å². The lowest BCUT2D eigenvalue weighted by Crippen LogP contribution is -2.48. The monoisotopic (exact) mass is 392 g/mol. The first kappa shape index (κ1) is 19.3. The predicted molar refractivity (Wildman–Crippen MR) is 100 cm³/mol. The van der Waals surface area contributed by atoms with E-state index in [9.17, 15) is 19.2 Å². The largest absolute Gasteiger partial charge is 0.338 e. The molecule has 1 aliphatic carbocycles. The highest BCUT2D eigenvalue weighted by molar-refractivity contribution is 7.10. The SMILES string of the molecule is CC(C)CCNC(=O)NC(=O)CN1C(=O)N[C@@]2(CCCc3sccc32)C1=O. The Balaban J connectivity index is 1.62. The fraction of sp³-hybridized carbons (Fsp3) is 0.556. The fourth-order valence-electron chi connectivity index (χ4n) is 3.51. The number of hydrogen-bond donors (Lipinski definition) is 3. The lowest BCUT2D eigenvalue weighted by atomic mass is 9.80. The number of urea groups is 2. The van der Waals surface area contributed by atoms with Crippen molar-refractivity contribution in [3.05, 3.63) is 21.9 Å². The minimum atomic E-state index is -1.08. The molecule has 0 unspecified atom stereocenters. The Kier molecular flexibility index (Phi) is 5.50. The van der Waals surface area contributed by atoms with Crippen LogP contribution in [0.4, 0.5) is 9.59 Å². The number of aryl methyl sites for hydroxylation is 1. The molecular weight excluding hydrogens is 368 g/mol. The summed E-state index contributed by atoms with van der Waals surface area (Å²) in [4.78, 5) is 51.2. The van der Waals surface area contributed by atoms with E-state index in [0.29, 0.717) is 18.9 Å². The maximum atomic E-state index is 13.0. The molecule has 9 heteroatoms. The summed E-state index contributed by atoms with van der Waals surface area (Å²) in [5.74, 6) is -0.693. The molecule has 1 aliphatic heterocycles. The minimum absolute atomic E-state index is 0.429. The average Bonchev–Trinajstić information content (AvgIpc) is 3.15. The molecule has 0 aromatic carbocycles. The van der Waals surface area contributed by atoms with Gasteiger partial charge in [0, 0.05) is 17.0 Å². The van der Waals surface area contributed by atoms with Crippen LogP contribution in [0.25, 0.3) is 0 Å². The maximum absolute atomic E-state index is 13.0. The van der Waals surface area contributed by atoms with Gasteiger partial charge in [0.15, 0.2) is 0 Å². The lowest BCUT2D eigenvalue weighted by molar-refractivity contribution is -0.135. The van der Waals surface area contributed by atoms with E-state index in [1.807, 2.05) is 25.3 Å². The number of imide groups is 2. The first-order valence-corrected chi connectivity index (χ1v) is 10.00. The number of fused-ring (bicyclic) bond motifs is 2. The Morgan fingerprint density at radius 2 is 2.15 bits per heavy atom. The zero-order valence-corrected chi connectivity index (χ0v) is 16.3. The van der Waals surface area contributed by atoms with Gasteiger partial charge >= 0.3 is 12.1 Å². The third-order valence-electron chi connectivity index (χ3n) is 4.90. The number of amides is 6. The van der Waals surface area contributed by atoms with Gasteiger partial charge in [-0.2, -0.15) is 0 Å². The van der Waals surface area contributed by atoms with Crippen molar-refractivity contribution in [3.63, 3.8) is 0 Å². The lowest BCUT2D eigenvalue weighted by Gasteiger charge is -2.31. The second-order valence-corrected chi connectivity index (χ2v) is 8.33. The summed E-state index contributed by atoms with van der Waals surface area (Å²) in [6.45, 7) is 4.03. The van der Waals surface area contributed by atoms with Crippen LogP contribution in [-0.4, -0.2) is 41.9 Å². The Hall–Kier alpha value is -2.42. The van der Waals surface area contributed by atoms with Crippen LogP contribution in [0.1, 0.15) is 43.6 Å². The van der Waals surface area contributed by atoms with Crippen molar-refractivity contribution in [2.24, 2.45) is 5.92 Å². The van der Waals surface area contributed by atoms with E-state index in [4.69, 9.17) is 0 Å². The number of nitrogens with one attached hydrogen (secondary N) is 3. The summed E-state index contributed by atoms with van der Waals surface area (Å²) in [6, 6.07) is 0.637. The second kappa shape index (κ2) is 7.67. The van der Waals surface area contributed by atoms with E-state index in [2.05, 4.69) is 16.0 Å². The van der Waals surface area contributed by atoms with E-state index in [-0.39, 0.29) is 0 Å². The van der Waals surface area contributed by atoms with Gasteiger partial charge < -0.3 is 10.6 Å². The second-order valence-electron chi connectivity index (χ2n) is 7.32. The molecule has 0 bridgehead atoms. The summed E-state index contributed by atoms with van der Waals surface area (Å²) in [5, 5.41) is 9.44. The quantitative estimate of drug-likeness (QED) is 0.663. The first-order valence-electron chi connectivity index (χ1n) is 9.12. The molecule has 1 saturated heterocycles. The van der Waals surface area contributed by atoms with E-state index < -0.39 is 36.0 Å². The van der Waals surface area contributed by atoms with Crippen molar-refractivity contribution in [2.75, 3.05) is 13.1 Å². The Morgan fingerprint density at radius 3 is 2.89 bits per heavy atom. The average molecular weight is 392 g/mol. The van der Waals surface area contributed by atoms with Crippen LogP contribution >= 0.6 is 11.3 Å². The van der Waals surface area contributed by atoms with Crippen LogP contribution in [-0.2, 0) is 21.5 Å². The van der Waals surface area contributed by atoms with Gasteiger partial charge in [-0.05, 0) is 43.0 Å². The molecule has 146 valence electrons. The van der Waals surface area contributed by atoms with Crippen LogP contribution in [0.15, 0.2) is 11.4 Å². The van der Waals surface area contributed by atoms with E-state index >= 15 is 0 Å². The highest BCUT2D eigenvalue weighted by Crippen LogP contribution is 2.41. The predicted octanol–water partition coefficient (Wildman–Crippen LogP) is 1.70.